The molecule has 0 saturated heterocycles. The molecular formula is C13H17BrFNO. The van der Waals surface area contributed by atoms with E-state index < -0.39 is 5.82 Å². The second-order valence-electron chi connectivity index (χ2n) is 3.94. The molecule has 0 unspecified atom stereocenters. The van der Waals surface area contributed by atoms with Crippen molar-refractivity contribution < 1.29 is 9.18 Å². The second-order valence-corrected chi connectivity index (χ2v) is 4.73. The van der Waals surface area contributed by atoms with Crippen molar-refractivity contribution >= 4 is 21.8 Å². The van der Waals surface area contributed by atoms with Crippen molar-refractivity contribution in [3.05, 3.63) is 35.1 Å². The van der Waals surface area contributed by atoms with Gasteiger partial charge in [0.05, 0.1) is 5.56 Å². The molecule has 1 aromatic rings. The summed E-state index contributed by atoms with van der Waals surface area (Å²) >= 11 is 3.35. The highest BCUT2D eigenvalue weighted by Crippen LogP contribution is 2.11. The number of rotatable bonds is 6. The van der Waals surface area contributed by atoms with E-state index in [1.165, 1.54) is 6.07 Å². The lowest BCUT2D eigenvalue weighted by atomic mass is 10.1. The highest BCUT2D eigenvalue weighted by Gasteiger charge is 2.11. The Morgan fingerprint density at radius 1 is 1.35 bits per heavy atom. The number of aryl methyl sites for hydroxylation is 1. The molecule has 0 aromatic heterocycles. The molecule has 2 nitrogen and oxygen atoms in total. The van der Waals surface area contributed by atoms with E-state index in [2.05, 4.69) is 21.2 Å². The van der Waals surface area contributed by atoms with E-state index in [1.54, 1.807) is 19.1 Å². The van der Waals surface area contributed by atoms with Crippen LogP contribution in [0.1, 0.15) is 35.2 Å². The van der Waals surface area contributed by atoms with Crippen molar-refractivity contribution in [1.29, 1.82) is 0 Å². The van der Waals surface area contributed by atoms with Crippen LogP contribution in [-0.2, 0) is 0 Å². The number of benzene rings is 1. The van der Waals surface area contributed by atoms with Crippen LogP contribution in [0.3, 0.4) is 0 Å². The molecule has 1 rings (SSSR count). The molecule has 1 aromatic carbocycles. The van der Waals surface area contributed by atoms with E-state index in [1.807, 2.05) is 0 Å². The Hall–Kier alpha value is -0.900. The number of carbonyl (C=O) groups excluding carboxylic acids is 1. The van der Waals surface area contributed by atoms with Gasteiger partial charge >= 0.3 is 0 Å². The summed E-state index contributed by atoms with van der Waals surface area (Å²) in [6.45, 7) is 2.25. The van der Waals surface area contributed by atoms with Gasteiger partial charge in [0.15, 0.2) is 0 Å². The third kappa shape index (κ3) is 4.46. The van der Waals surface area contributed by atoms with Gasteiger partial charge in [-0.2, -0.15) is 0 Å². The van der Waals surface area contributed by atoms with Gasteiger partial charge in [0.25, 0.3) is 5.91 Å². The predicted octanol–water partition coefficient (Wildman–Crippen LogP) is 3.43. The minimum Gasteiger partial charge on any atom is -0.352 e. The van der Waals surface area contributed by atoms with Crippen molar-refractivity contribution in [2.75, 3.05) is 11.9 Å². The fourth-order valence-electron chi connectivity index (χ4n) is 1.52. The van der Waals surface area contributed by atoms with Gasteiger partial charge in [-0.1, -0.05) is 34.5 Å². The topological polar surface area (TPSA) is 29.1 Å². The summed E-state index contributed by atoms with van der Waals surface area (Å²) in [7, 11) is 0. The molecule has 0 heterocycles. The maximum Gasteiger partial charge on any atom is 0.254 e. The monoisotopic (exact) mass is 301 g/mol. The first-order chi connectivity index (χ1) is 8.16. The highest BCUT2D eigenvalue weighted by atomic mass is 79.9. The van der Waals surface area contributed by atoms with Crippen molar-refractivity contribution in [2.45, 2.75) is 26.2 Å². The van der Waals surface area contributed by atoms with Gasteiger partial charge in [-0.3, -0.25) is 4.79 Å². The first kappa shape index (κ1) is 14.2. The Morgan fingerprint density at radius 3 is 2.82 bits per heavy atom. The molecule has 0 aliphatic heterocycles. The van der Waals surface area contributed by atoms with Crippen LogP contribution in [0.2, 0.25) is 0 Å². The molecule has 94 valence electrons. The number of amides is 1. The quantitative estimate of drug-likeness (QED) is 0.633. The van der Waals surface area contributed by atoms with Gasteiger partial charge in [-0.05, 0) is 31.4 Å². The molecule has 0 fully saturated rings. The van der Waals surface area contributed by atoms with E-state index in [4.69, 9.17) is 0 Å². The van der Waals surface area contributed by atoms with E-state index in [-0.39, 0.29) is 11.5 Å². The average Bonchev–Trinajstić information content (AvgIpc) is 2.32. The minimum absolute atomic E-state index is 0.130. The van der Waals surface area contributed by atoms with Gasteiger partial charge in [-0.25, -0.2) is 4.39 Å². The van der Waals surface area contributed by atoms with Crippen LogP contribution in [-0.4, -0.2) is 17.8 Å². The number of alkyl halides is 1. The molecule has 1 amide bonds. The predicted molar refractivity (Wildman–Crippen MR) is 71.1 cm³/mol. The first-order valence-corrected chi connectivity index (χ1v) is 6.88. The number of unbranched alkanes of at least 4 members (excludes halogenated alkanes) is 2. The van der Waals surface area contributed by atoms with E-state index in [0.29, 0.717) is 12.1 Å². The Morgan fingerprint density at radius 2 is 2.12 bits per heavy atom. The fraction of sp³-hybridized carbons (Fsp3) is 0.462. The number of hydrogen-bond donors (Lipinski definition) is 1. The summed E-state index contributed by atoms with van der Waals surface area (Å²) in [6, 6.07) is 4.86. The second kappa shape index (κ2) is 7.43. The van der Waals surface area contributed by atoms with Gasteiger partial charge in [0, 0.05) is 11.9 Å². The molecule has 0 spiro atoms. The summed E-state index contributed by atoms with van der Waals surface area (Å²) in [6.07, 6.45) is 3.07. The summed E-state index contributed by atoms with van der Waals surface area (Å²) < 4.78 is 13.6. The van der Waals surface area contributed by atoms with Crippen LogP contribution >= 0.6 is 15.9 Å². The number of nitrogens with one attached hydrogen (secondary N) is 1. The maximum atomic E-state index is 13.6. The molecule has 1 N–H and O–H groups in total. The van der Waals surface area contributed by atoms with Gasteiger partial charge in [0.2, 0.25) is 0 Å². The maximum absolute atomic E-state index is 13.6. The molecular weight excluding hydrogens is 285 g/mol. The molecule has 0 radical (unpaired) electrons. The number of halogens is 2. The zero-order valence-corrected chi connectivity index (χ0v) is 11.5. The minimum atomic E-state index is -0.426. The molecule has 0 bridgehead atoms. The molecule has 0 aliphatic rings. The lowest BCUT2D eigenvalue weighted by Gasteiger charge is -2.07. The SMILES string of the molecule is Cc1cccc(C(=O)NCCCCCBr)c1F. The molecule has 0 saturated carbocycles. The summed E-state index contributed by atoms with van der Waals surface area (Å²) in [5.74, 6) is -0.754. The van der Waals surface area contributed by atoms with Crippen molar-refractivity contribution in [2.24, 2.45) is 0 Å². The molecule has 4 heteroatoms. The zero-order chi connectivity index (χ0) is 12.7. The standard InChI is InChI=1S/C13H17BrFNO/c1-10-6-5-7-11(12(10)15)13(17)16-9-4-2-3-8-14/h5-7H,2-4,8-9H2,1H3,(H,16,17). The smallest absolute Gasteiger partial charge is 0.254 e. The van der Waals surface area contributed by atoms with Crippen molar-refractivity contribution in [3.63, 3.8) is 0 Å². The number of hydrogen-bond acceptors (Lipinski definition) is 1. The van der Waals surface area contributed by atoms with Crippen LogP contribution in [0.5, 0.6) is 0 Å². The van der Waals surface area contributed by atoms with Gasteiger partial charge in [-0.15, -0.1) is 0 Å². The molecule has 17 heavy (non-hydrogen) atoms. The summed E-state index contributed by atoms with van der Waals surface area (Å²) in [5, 5.41) is 3.71. The third-order valence-electron chi connectivity index (χ3n) is 2.53. The first-order valence-electron chi connectivity index (χ1n) is 5.76. The average molecular weight is 302 g/mol. The van der Waals surface area contributed by atoms with E-state index in [0.717, 1.165) is 24.6 Å². The Labute approximate surface area is 110 Å². The largest absolute Gasteiger partial charge is 0.352 e. The summed E-state index contributed by atoms with van der Waals surface area (Å²) in [4.78, 5) is 11.7. The normalized spacial score (nSPS) is 10.3. The van der Waals surface area contributed by atoms with Crippen LogP contribution in [0.15, 0.2) is 18.2 Å². The Bertz CT molecular complexity index is 382. The van der Waals surface area contributed by atoms with Crippen LogP contribution < -0.4 is 5.32 Å². The van der Waals surface area contributed by atoms with Crippen LogP contribution in [0.25, 0.3) is 0 Å². The van der Waals surface area contributed by atoms with Crippen molar-refractivity contribution in [3.8, 4) is 0 Å². The van der Waals surface area contributed by atoms with Crippen LogP contribution in [0, 0.1) is 12.7 Å². The lowest BCUT2D eigenvalue weighted by molar-refractivity contribution is 0.0949. The zero-order valence-electron chi connectivity index (χ0n) is 9.93. The van der Waals surface area contributed by atoms with Crippen LogP contribution in [0.4, 0.5) is 4.39 Å². The van der Waals surface area contributed by atoms with Crippen molar-refractivity contribution in [1.82, 2.24) is 5.32 Å². The van der Waals surface area contributed by atoms with Gasteiger partial charge < -0.3 is 5.32 Å². The third-order valence-corrected chi connectivity index (χ3v) is 3.09. The van der Waals surface area contributed by atoms with Gasteiger partial charge in [0.1, 0.15) is 5.82 Å². The Kier molecular flexibility index (Phi) is 6.19. The fourth-order valence-corrected chi connectivity index (χ4v) is 1.91. The van der Waals surface area contributed by atoms with E-state index in [9.17, 15) is 9.18 Å². The molecule has 0 atom stereocenters. The Balaban J connectivity index is 2.44. The highest BCUT2D eigenvalue weighted by molar-refractivity contribution is 9.09. The molecule has 0 aliphatic carbocycles. The van der Waals surface area contributed by atoms with E-state index >= 15 is 0 Å². The number of carbonyl (C=O) groups is 1. The summed E-state index contributed by atoms with van der Waals surface area (Å²) in [5.41, 5.74) is 0.627. The lowest BCUT2D eigenvalue weighted by Crippen LogP contribution is -2.25.